The van der Waals surface area contributed by atoms with Crippen molar-refractivity contribution in [2.45, 2.75) is 0 Å². The van der Waals surface area contributed by atoms with Gasteiger partial charge in [0.2, 0.25) is 6.79 Å². The molecule has 1 aliphatic rings. The van der Waals surface area contributed by atoms with Gasteiger partial charge in [0.05, 0.1) is 6.21 Å². The Kier molecular flexibility index (Phi) is 3.42. The van der Waals surface area contributed by atoms with E-state index in [1.807, 2.05) is 42.5 Å². The number of carbonyl (C=O) groups excluding carboxylic acids is 1. The Bertz CT molecular complexity index is 696. The van der Waals surface area contributed by atoms with Crippen LogP contribution in [-0.4, -0.2) is 19.0 Å². The van der Waals surface area contributed by atoms with Gasteiger partial charge in [-0.15, -0.1) is 0 Å². The Morgan fingerprint density at radius 3 is 2.57 bits per heavy atom. The number of nitrogens with zero attached hydrogens (tertiary/aromatic N) is 1. The van der Waals surface area contributed by atoms with Gasteiger partial charge in [-0.1, -0.05) is 30.3 Å². The molecule has 106 valence electrons. The first-order valence-electron chi connectivity index (χ1n) is 6.31. The molecule has 0 unspecified atom stereocenters. The summed E-state index contributed by atoms with van der Waals surface area (Å²) in [5.41, 5.74) is 10.0. The van der Waals surface area contributed by atoms with E-state index in [-0.39, 0.29) is 6.79 Å². The highest BCUT2D eigenvalue weighted by Crippen LogP contribution is 2.35. The maximum atomic E-state index is 10.5. The summed E-state index contributed by atoms with van der Waals surface area (Å²) in [7, 11) is 0. The number of carbonyl (C=O) groups is 1. The van der Waals surface area contributed by atoms with Crippen LogP contribution in [0, 0.1) is 0 Å². The van der Waals surface area contributed by atoms with Crippen LogP contribution in [0.25, 0.3) is 11.1 Å². The summed E-state index contributed by atoms with van der Waals surface area (Å²) in [5, 5.41) is 3.70. The first kappa shape index (κ1) is 13.0. The van der Waals surface area contributed by atoms with Gasteiger partial charge < -0.3 is 15.2 Å². The SMILES string of the molecule is NC(=O)NN=Cc1ccc(-c2ccc3c(c2)OCO3)cc1. The number of nitrogens with two attached hydrogens (primary N) is 1. The van der Waals surface area contributed by atoms with Crippen LogP contribution in [0.1, 0.15) is 5.56 Å². The van der Waals surface area contributed by atoms with E-state index in [1.165, 1.54) is 6.21 Å². The van der Waals surface area contributed by atoms with Gasteiger partial charge in [-0.2, -0.15) is 5.10 Å². The van der Waals surface area contributed by atoms with Crippen molar-refractivity contribution in [3.63, 3.8) is 0 Å². The molecule has 1 aliphatic heterocycles. The molecule has 0 aromatic heterocycles. The van der Waals surface area contributed by atoms with Gasteiger partial charge in [-0.25, -0.2) is 10.2 Å². The second kappa shape index (κ2) is 5.54. The summed E-state index contributed by atoms with van der Waals surface area (Å²) in [4.78, 5) is 10.5. The van der Waals surface area contributed by atoms with Crippen molar-refractivity contribution < 1.29 is 14.3 Å². The van der Waals surface area contributed by atoms with Crippen molar-refractivity contribution in [1.29, 1.82) is 0 Å². The van der Waals surface area contributed by atoms with Crippen LogP contribution in [0.15, 0.2) is 47.6 Å². The highest BCUT2D eigenvalue weighted by Gasteiger charge is 2.13. The average Bonchev–Trinajstić information content (AvgIpc) is 2.95. The molecule has 3 N–H and O–H groups in total. The summed E-state index contributed by atoms with van der Waals surface area (Å²) in [5.74, 6) is 1.52. The topological polar surface area (TPSA) is 85.9 Å². The zero-order valence-corrected chi connectivity index (χ0v) is 11.1. The average molecular weight is 283 g/mol. The number of ether oxygens (including phenoxy) is 2. The molecule has 0 saturated heterocycles. The maximum absolute atomic E-state index is 10.5. The Morgan fingerprint density at radius 1 is 1.10 bits per heavy atom. The number of fused-ring (bicyclic) bond motifs is 1. The molecule has 21 heavy (non-hydrogen) atoms. The van der Waals surface area contributed by atoms with E-state index in [0.717, 1.165) is 28.2 Å². The van der Waals surface area contributed by atoms with E-state index >= 15 is 0 Å². The zero-order chi connectivity index (χ0) is 14.7. The summed E-state index contributed by atoms with van der Waals surface area (Å²) in [6.07, 6.45) is 1.52. The Labute approximate surface area is 121 Å². The standard InChI is InChI=1S/C15H13N3O3/c16-15(19)18-17-8-10-1-3-11(4-2-10)12-5-6-13-14(7-12)21-9-20-13/h1-8H,9H2,(H3,16,18,19). The Hall–Kier alpha value is -3.02. The van der Waals surface area contributed by atoms with Gasteiger partial charge in [0.15, 0.2) is 11.5 Å². The predicted octanol–water partition coefficient (Wildman–Crippen LogP) is 2.08. The van der Waals surface area contributed by atoms with Crippen molar-refractivity contribution >= 4 is 12.2 Å². The third kappa shape index (κ3) is 2.94. The van der Waals surface area contributed by atoms with Crippen LogP contribution in [0.2, 0.25) is 0 Å². The van der Waals surface area contributed by atoms with E-state index in [2.05, 4.69) is 10.5 Å². The molecule has 6 heteroatoms. The molecule has 2 amide bonds. The van der Waals surface area contributed by atoms with E-state index in [0.29, 0.717) is 0 Å². The lowest BCUT2D eigenvalue weighted by Gasteiger charge is -2.04. The number of benzene rings is 2. The van der Waals surface area contributed by atoms with E-state index in [9.17, 15) is 4.79 Å². The van der Waals surface area contributed by atoms with E-state index < -0.39 is 6.03 Å². The number of hydrazone groups is 1. The molecule has 6 nitrogen and oxygen atoms in total. The number of nitrogens with one attached hydrogen (secondary N) is 1. The summed E-state index contributed by atoms with van der Waals surface area (Å²) in [6.45, 7) is 0.265. The van der Waals surface area contributed by atoms with Crippen molar-refractivity contribution in [2.24, 2.45) is 10.8 Å². The lowest BCUT2D eigenvalue weighted by Crippen LogP contribution is -2.24. The maximum Gasteiger partial charge on any atom is 0.332 e. The molecule has 0 aliphatic carbocycles. The molecular weight excluding hydrogens is 270 g/mol. The largest absolute Gasteiger partial charge is 0.454 e. The van der Waals surface area contributed by atoms with Crippen molar-refractivity contribution in [3.05, 3.63) is 48.0 Å². The Balaban J connectivity index is 1.78. The van der Waals surface area contributed by atoms with Gasteiger partial charge in [-0.3, -0.25) is 0 Å². The minimum Gasteiger partial charge on any atom is -0.454 e. The number of hydrogen-bond donors (Lipinski definition) is 2. The summed E-state index contributed by atoms with van der Waals surface area (Å²) >= 11 is 0. The second-order valence-corrected chi connectivity index (χ2v) is 4.42. The van der Waals surface area contributed by atoms with Crippen molar-refractivity contribution in [1.82, 2.24) is 5.43 Å². The fourth-order valence-corrected chi connectivity index (χ4v) is 2.01. The van der Waals surface area contributed by atoms with Gasteiger partial charge in [0, 0.05) is 0 Å². The predicted molar refractivity (Wildman–Crippen MR) is 78.3 cm³/mol. The second-order valence-electron chi connectivity index (χ2n) is 4.42. The minimum atomic E-state index is -0.691. The third-order valence-electron chi connectivity index (χ3n) is 3.00. The quantitative estimate of drug-likeness (QED) is 0.668. The number of hydrogen-bond acceptors (Lipinski definition) is 4. The van der Waals surface area contributed by atoms with Gasteiger partial charge in [0.1, 0.15) is 0 Å². The minimum absolute atomic E-state index is 0.265. The molecule has 2 aromatic carbocycles. The highest BCUT2D eigenvalue weighted by molar-refractivity contribution is 5.82. The van der Waals surface area contributed by atoms with E-state index in [1.54, 1.807) is 0 Å². The number of urea groups is 1. The lowest BCUT2D eigenvalue weighted by molar-refractivity contribution is 0.174. The van der Waals surface area contributed by atoms with Crippen LogP contribution in [0.3, 0.4) is 0 Å². The Morgan fingerprint density at radius 2 is 1.81 bits per heavy atom. The monoisotopic (exact) mass is 283 g/mol. The highest BCUT2D eigenvalue weighted by atomic mass is 16.7. The number of amides is 2. The molecule has 1 heterocycles. The molecule has 0 spiro atoms. The van der Waals surface area contributed by atoms with Crippen LogP contribution >= 0.6 is 0 Å². The molecule has 0 saturated carbocycles. The number of primary amides is 1. The fourth-order valence-electron chi connectivity index (χ4n) is 2.01. The van der Waals surface area contributed by atoms with Crippen molar-refractivity contribution in [2.75, 3.05) is 6.79 Å². The number of rotatable bonds is 3. The molecular formula is C15H13N3O3. The van der Waals surface area contributed by atoms with Gasteiger partial charge >= 0.3 is 6.03 Å². The van der Waals surface area contributed by atoms with E-state index in [4.69, 9.17) is 15.2 Å². The molecule has 0 atom stereocenters. The molecule has 0 bridgehead atoms. The third-order valence-corrected chi connectivity index (χ3v) is 3.00. The van der Waals surface area contributed by atoms with Crippen LogP contribution in [-0.2, 0) is 0 Å². The summed E-state index contributed by atoms with van der Waals surface area (Å²) in [6, 6.07) is 12.8. The molecule has 2 aromatic rings. The molecule has 3 rings (SSSR count). The molecule has 0 fully saturated rings. The van der Waals surface area contributed by atoms with Crippen LogP contribution in [0.5, 0.6) is 11.5 Å². The van der Waals surface area contributed by atoms with Gasteiger partial charge in [0.25, 0.3) is 0 Å². The van der Waals surface area contributed by atoms with Gasteiger partial charge in [-0.05, 0) is 28.8 Å². The first-order valence-corrected chi connectivity index (χ1v) is 6.31. The lowest BCUT2D eigenvalue weighted by atomic mass is 10.0. The normalized spacial score (nSPS) is 12.6. The smallest absolute Gasteiger partial charge is 0.332 e. The van der Waals surface area contributed by atoms with Crippen LogP contribution < -0.4 is 20.6 Å². The molecule has 0 radical (unpaired) electrons. The summed E-state index contributed by atoms with van der Waals surface area (Å²) < 4.78 is 10.7. The zero-order valence-electron chi connectivity index (χ0n) is 11.1. The first-order chi connectivity index (χ1) is 10.2. The van der Waals surface area contributed by atoms with Crippen molar-refractivity contribution in [3.8, 4) is 22.6 Å². The van der Waals surface area contributed by atoms with Crippen LogP contribution in [0.4, 0.5) is 4.79 Å². The fraction of sp³-hybridized carbons (Fsp3) is 0.0667.